The molecule has 2 aromatic rings. The number of methoxy groups -OCH3 is 1. The van der Waals surface area contributed by atoms with E-state index in [0.29, 0.717) is 13.2 Å². The van der Waals surface area contributed by atoms with Gasteiger partial charge >= 0.3 is 0 Å². The van der Waals surface area contributed by atoms with E-state index in [1.54, 1.807) is 18.9 Å². The smallest absolute Gasteiger partial charge is 0.191 e. The second kappa shape index (κ2) is 7.47. The fraction of sp³-hybridized carbons (Fsp3) is 0.286. The zero-order chi connectivity index (χ0) is 14.4. The second-order valence-electron chi connectivity index (χ2n) is 4.11. The van der Waals surface area contributed by atoms with Crippen LogP contribution < -0.4 is 0 Å². The number of aromatic nitrogens is 3. The topological polar surface area (TPSA) is 39.9 Å². The maximum atomic E-state index is 6.15. The third kappa shape index (κ3) is 3.62. The van der Waals surface area contributed by atoms with Crippen LogP contribution in [0.1, 0.15) is 11.4 Å². The lowest BCUT2D eigenvalue weighted by atomic mass is 10.2. The van der Waals surface area contributed by atoms with Gasteiger partial charge in [0.2, 0.25) is 0 Å². The van der Waals surface area contributed by atoms with E-state index in [1.807, 2.05) is 34.9 Å². The van der Waals surface area contributed by atoms with Crippen molar-refractivity contribution in [2.75, 3.05) is 7.11 Å². The van der Waals surface area contributed by atoms with Gasteiger partial charge in [0.25, 0.3) is 0 Å². The molecule has 0 fully saturated rings. The molecular formula is C14H16ClN3OS. The summed E-state index contributed by atoms with van der Waals surface area (Å²) in [5, 5.41) is 9.96. The van der Waals surface area contributed by atoms with Gasteiger partial charge in [-0.2, -0.15) is 0 Å². The number of halogens is 1. The monoisotopic (exact) mass is 309 g/mol. The third-order valence-electron chi connectivity index (χ3n) is 2.69. The first-order chi connectivity index (χ1) is 9.76. The predicted octanol–water partition coefficient (Wildman–Crippen LogP) is 3.56. The number of ether oxygens (including phenoxy) is 1. The first-order valence-electron chi connectivity index (χ1n) is 6.14. The van der Waals surface area contributed by atoms with Crippen LogP contribution >= 0.6 is 23.4 Å². The molecule has 0 spiro atoms. The standard InChI is InChI=1S/C14H16ClN3OS/c1-3-8-18-13(9-19-2)16-17-14(18)20-10-11-6-4-5-7-12(11)15/h3-7H,1,8-10H2,2H3. The summed E-state index contributed by atoms with van der Waals surface area (Å²) in [7, 11) is 1.64. The molecule has 0 aliphatic carbocycles. The van der Waals surface area contributed by atoms with Crippen LogP contribution in [0.25, 0.3) is 0 Å². The van der Waals surface area contributed by atoms with E-state index < -0.39 is 0 Å². The molecule has 0 saturated heterocycles. The molecule has 20 heavy (non-hydrogen) atoms. The van der Waals surface area contributed by atoms with Crippen LogP contribution in [0.3, 0.4) is 0 Å². The van der Waals surface area contributed by atoms with Gasteiger partial charge in [-0.25, -0.2) is 0 Å². The molecule has 1 aromatic heterocycles. The number of allylic oxidation sites excluding steroid dienone is 1. The molecule has 6 heteroatoms. The largest absolute Gasteiger partial charge is 0.377 e. The molecule has 4 nitrogen and oxygen atoms in total. The van der Waals surface area contributed by atoms with Gasteiger partial charge in [-0.1, -0.05) is 47.6 Å². The lowest BCUT2D eigenvalue weighted by Crippen LogP contribution is -2.04. The molecule has 1 aromatic carbocycles. The van der Waals surface area contributed by atoms with E-state index in [4.69, 9.17) is 16.3 Å². The van der Waals surface area contributed by atoms with E-state index in [1.165, 1.54) is 0 Å². The van der Waals surface area contributed by atoms with Crippen molar-refractivity contribution >= 4 is 23.4 Å². The van der Waals surface area contributed by atoms with Crippen molar-refractivity contribution in [1.29, 1.82) is 0 Å². The van der Waals surface area contributed by atoms with E-state index in [-0.39, 0.29) is 0 Å². The second-order valence-corrected chi connectivity index (χ2v) is 5.46. The minimum atomic E-state index is 0.438. The summed E-state index contributed by atoms with van der Waals surface area (Å²) in [4.78, 5) is 0. The molecule has 0 N–H and O–H groups in total. The van der Waals surface area contributed by atoms with Crippen LogP contribution in [-0.2, 0) is 23.6 Å². The maximum Gasteiger partial charge on any atom is 0.191 e. The lowest BCUT2D eigenvalue weighted by molar-refractivity contribution is 0.174. The summed E-state index contributed by atoms with van der Waals surface area (Å²) < 4.78 is 7.12. The summed E-state index contributed by atoms with van der Waals surface area (Å²) in [6.07, 6.45) is 1.82. The van der Waals surface area contributed by atoms with Crippen molar-refractivity contribution < 1.29 is 4.74 Å². The Morgan fingerprint density at radius 3 is 2.90 bits per heavy atom. The lowest BCUT2D eigenvalue weighted by Gasteiger charge is -2.07. The highest BCUT2D eigenvalue weighted by atomic mass is 35.5. The molecule has 0 radical (unpaired) electrons. The Bertz CT molecular complexity index is 586. The predicted molar refractivity (Wildman–Crippen MR) is 81.9 cm³/mol. The van der Waals surface area contributed by atoms with Crippen LogP contribution in [0.15, 0.2) is 42.1 Å². The van der Waals surface area contributed by atoms with Crippen LogP contribution in [0.4, 0.5) is 0 Å². The Hall–Kier alpha value is -1.30. The SMILES string of the molecule is C=CCn1c(COC)nnc1SCc1ccccc1Cl. The van der Waals surface area contributed by atoms with Crippen molar-refractivity contribution in [3.8, 4) is 0 Å². The number of thioether (sulfide) groups is 1. The Morgan fingerprint density at radius 2 is 2.20 bits per heavy atom. The number of benzene rings is 1. The molecule has 0 atom stereocenters. The Kier molecular flexibility index (Phi) is 5.64. The molecule has 0 aliphatic heterocycles. The normalized spacial score (nSPS) is 10.7. The minimum absolute atomic E-state index is 0.438. The van der Waals surface area contributed by atoms with Crippen molar-refractivity contribution in [2.24, 2.45) is 0 Å². The highest BCUT2D eigenvalue weighted by Gasteiger charge is 2.12. The van der Waals surface area contributed by atoms with Crippen molar-refractivity contribution in [1.82, 2.24) is 14.8 Å². The van der Waals surface area contributed by atoms with Gasteiger partial charge < -0.3 is 9.30 Å². The molecule has 1 heterocycles. The van der Waals surface area contributed by atoms with E-state index in [0.717, 1.165) is 27.3 Å². The van der Waals surface area contributed by atoms with Gasteiger partial charge in [0, 0.05) is 24.4 Å². The summed E-state index contributed by atoms with van der Waals surface area (Å²) in [6.45, 7) is 4.86. The van der Waals surface area contributed by atoms with Crippen molar-refractivity contribution in [2.45, 2.75) is 24.1 Å². The first-order valence-corrected chi connectivity index (χ1v) is 7.50. The Labute approximate surface area is 127 Å². The Morgan fingerprint density at radius 1 is 1.40 bits per heavy atom. The van der Waals surface area contributed by atoms with Crippen LogP contribution in [-0.4, -0.2) is 21.9 Å². The molecular weight excluding hydrogens is 294 g/mol. The van der Waals surface area contributed by atoms with Gasteiger partial charge in [0.05, 0.1) is 0 Å². The minimum Gasteiger partial charge on any atom is -0.377 e. The van der Waals surface area contributed by atoms with Crippen LogP contribution in [0.2, 0.25) is 5.02 Å². The van der Waals surface area contributed by atoms with Gasteiger partial charge in [0.1, 0.15) is 6.61 Å². The molecule has 0 bridgehead atoms. The molecule has 0 saturated carbocycles. The maximum absolute atomic E-state index is 6.15. The average molecular weight is 310 g/mol. The van der Waals surface area contributed by atoms with Gasteiger partial charge in [-0.15, -0.1) is 16.8 Å². The average Bonchev–Trinajstić information content (AvgIpc) is 2.82. The first kappa shape index (κ1) is 15.1. The Balaban J connectivity index is 2.13. The highest BCUT2D eigenvalue weighted by Crippen LogP contribution is 2.26. The quantitative estimate of drug-likeness (QED) is 0.579. The highest BCUT2D eigenvalue weighted by molar-refractivity contribution is 7.98. The number of nitrogens with zero attached hydrogens (tertiary/aromatic N) is 3. The van der Waals surface area contributed by atoms with E-state index in [9.17, 15) is 0 Å². The summed E-state index contributed by atoms with van der Waals surface area (Å²) >= 11 is 7.76. The van der Waals surface area contributed by atoms with Gasteiger partial charge in [0.15, 0.2) is 11.0 Å². The fourth-order valence-electron chi connectivity index (χ4n) is 1.73. The van der Waals surface area contributed by atoms with Crippen LogP contribution in [0, 0.1) is 0 Å². The van der Waals surface area contributed by atoms with Gasteiger partial charge in [-0.05, 0) is 11.6 Å². The zero-order valence-electron chi connectivity index (χ0n) is 11.3. The molecule has 106 valence electrons. The van der Waals surface area contributed by atoms with Gasteiger partial charge in [-0.3, -0.25) is 0 Å². The molecule has 0 amide bonds. The molecule has 2 rings (SSSR count). The van der Waals surface area contributed by atoms with E-state index in [2.05, 4.69) is 16.8 Å². The summed E-state index contributed by atoms with van der Waals surface area (Å²) in [6, 6.07) is 7.81. The number of hydrogen-bond acceptors (Lipinski definition) is 4. The third-order valence-corrected chi connectivity index (χ3v) is 4.08. The van der Waals surface area contributed by atoms with Crippen molar-refractivity contribution in [3.05, 3.63) is 53.3 Å². The van der Waals surface area contributed by atoms with Crippen molar-refractivity contribution in [3.63, 3.8) is 0 Å². The van der Waals surface area contributed by atoms with E-state index >= 15 is 0 Å². The number of rotatable bonds is 7. The molecule has 0 aliphatic rings. The zero-order valence-corrected chi connectivity index (χ0v) is 12.8. The fourth-order valence-corrected chi connectivity index (χ4v) is 2.98. The number of hydrogen-bond donors (Lipinski definition) is 0. The molecule has 0 unspecified atom stereocenters. The summed E-state index contributed by atoms with van der Waals surface area (Å²) in [5.41, 5.74) is 1.08. The van der Waals surface area contributed by atoms with Crippen LogP contribution in [0.5, 0.6) is 0 Å². The summed E-state index contributed by atoms with van der Waals surface area (Å²) in [5.74, 6) is 1.55.